The molecule has 4 fully saturated rings. The summed E-state index contributed by atoms with van der Waals surface area (Å²) < 4.78 is 5.60. The third kappa shape index (κ3) is 4.84. The van der Waals surface area contributed by atoms with Crippen LogP contribution in [0.15, 0.2) is 41.5 Å². The van der Waals surface area contributed by atoms with Crippen molar-refractivity contribution in [2.75, 3.05) is 0 Å². The van der Waals surface area contributed by atoms with Crippen molar-refractivity contribution in [3.63, 3.8) is 0 Å². The number of carbonyl (C=O) groups is 5. The molecule has 2 amide bonds. The van der Waals surface area contributed by atoms with Crippen LogP contribution in [0.1, 0.15) is 90.0 Å². The summed E-state index contributed by atoms with van der Waals surface area (Å²) in [5, 5.41) is 12.0. The molecule has 240 valence electrons. The second-order valence-electron chi connectivity index (χ2n) is 14.7. The molecule has 9 atom stereocenters. The van der Waals surface area contributed by atoms with Gasteiger partial charge < -0.3 is 20.1 Å². The molecule has 0 aromatic heterocycles. The van der Waals surface area contributed by atoms with Gasteiger partial charge in [0, 0.05) is 23.0 Å². The van der Waals surface area contributed by atoms with Gasteiger partial charge in [-0.05, 0) is 82.1 Å². The number of benzene rings is 1. The van der Waals surface area contributed by atoms with Crippen LogP contribution in [0, 0.1) is 23.2 Å². The molecule has 9 unspecified atom stereocenters. The molecule has 2 saturated carbocycles. The van der Waals surface area contributed by atoms with Crippen LogP contribution in [0.5, 0.6) is 0 Å². The van der Waals surface area contributed by atoms with Gasteiger partial charge >= 0.3 is 11.9 Å². The van der Waals surface area contributed by atoms with E-state index in [0.29, 0.717) is 41.9 Å². The Balaban J connectivity index is 1.07. The summed E-state index contributed by atoms with van der Waals surface area (Å²) in [4.78, 5) is 66.3. The number of ether oxygens (including phenoxy) is 1. The lowest BCUT2D eigenvalue weighted by Gasteiger charge is -2.51. The highest BCUT2D eigenvalue weighted by molar-refractivity contribution is 8.01. The number of β-lactam (4-membered cyclic amide) rings is 1. The molecule has 6 aliphatic rings. The lowest BCUT2D eigenvalue weighted by atomic mass is 9.54. The van der Waals surface area contributed by atoms with E-state index in [1.54, 1.807) is 38.1 Å². The molecule has 2 N–H and O–H groups in total. The van der Waals surface area contributed by atoms with E-state index in [1.165, 1.54) is 27.8 Å². The minimum absolute atomic E-state index is 0.181. The number of Topliss-reactive ketones (excluding diaryl/α,β-unsaturated/α-hetero) is 1. The Morgan fingerprint density at radius 1 is 1.02 bits per heavy atom. The predicted octanol–water partition coefficient (Wildman–Crippen LogP) is 4.60. The normalized spacial score (nSPS) is 37.0. The number of thioether (sulfide) groups is 1. The summed E-state index contributed by atoms with van der Waals surface area (Å²) in [6.45, 7) is 5.82. The molecule has 9 nitrogen and oxygen atoms in total. The number of nitrogens with zero attached hydrogens (tertiary/aromatic N) is 1. The average molecular weight is 635 g/mol. The molecule has 2 saturated heterocycles. The summed E-state index contributed by atoms with van der Waals surface area (Å²) in [6, 6.07) is 6.91. The molecular weight excluding hydrogens is 592 g/mol. The standard InChI is InChI=1S/C35H42N2O7S/c1-34(2)28(32(41)42)37-30(40)27(31(37)45-34)36-29(39)26(18-7-5-4-6-8-18)33(43)44-25-14-13-24-23-11-9-19-17-20(38)10-12-21(19)22(23)15-16-35(24,25)3/h4-8,22-28,31H,9-17H2,1-3H3,(H,36,39)(H,41,42). The molecule has 4 aliphatic carbocycles. The van der Waals surface area contributed by atoms with Crippen molar-refractivity contribution >= 4 is 41.3 Å². The number of carboxylic acid groups (broad SMARTS) is 1. The molecule has 0 radical (unpaired) electrons. The van der Waals surface area contributed by atoms with Crippen molar-refractivity contribution in [2.45, 2.75) is 113 Å². The molecule has 1 aromatic rings. The van der Waals surface area contributed by atoms with Crippen molar-refractivity contribution in [1.29, 1.82) is 0 Å². The van der Waals surface area contributed by atoms with Gasteiger partial charge in [-0.15, -0.1) is 11.8 Å². The number of carboxylic acids is 1. The molecule has 2 heterocycles. The monoisotopic (exact) mass is 634 g/mol. The molecule has 0 bridgehead atoms. The third-order valence-corrected chi connectivity index (χ3v) is 13.5. The van der Waals surface area contributed by atoms with E-state index < -0.39 is 51.9 Å². The fourth-order valence-corrected chi connectivity index (χ4v) is 11.5. The smallest absolute Gasteiger partial charge is 0.327 e. The van der Waals surface area contributed by atoms with Gasteiger partial charge in [0.05, 0.1) is 0 Å². The topological polar surface area (TPSA) is 130 Å². The Hall–Kier alpha value is -3.14. The number of esters is 1. The number of rotatable bonds is 6. The number of carbonyl (C=O) groups excluding carboxylic acids is 4. The Morgan fingerprint density at radius 3 is 2.51 bits per heavy atom. The van der Waals surface area contributed by atoms with Crippen molar-refractivity contribution in [1.82, 2.24) is 10.2 Å². The molecular formula is C35H42N2O7S. The maximum Gasteiger partial charge on any atom is 0.327 e. The Bertz CT molecular complexity index is 1490. The van der Waals surface area contributed by atoms with E-state index in [-0.39, 0.29) is 11.5 Å². The maximum absolute atomic E-state index is 14.0. The largest absolute Gasteiger partial charge is 0.480 e. The molecule has 1 aromatic carbocycles. The Morgan fingerprint density at radius 2 is 1.78 bits per heavy atom. The van der Waals surface area contributed by atoms with Crippen LogP contribution in [0.3, 0.4) is 0 Å². The van der Waals surface area contributed by atoms with Gasteiger partial charge in [0.2, 0.25) is 11.8 Å². The predicted molar refractivity (Wildman–Crippen MR) is 167 cm³/mol. The van der Waals surface area contributed by atoms with Crippen molar-refractivity contribution in [3.8, 4) is 0 Å². The zero-order chi connectivity index (χ0) is 31.8. The zero-order valence-electron chi connectivity index (χ0n) is 26.1. The van der Waals surface area contributed by atoms with E-state index in [0.717, 1.165) is 44.9 Å². The number of hydrogen-bond donors (Lipinski definition) is 2. The Kier molecular flexibility index (Phi) is 7.45. The van der Waals surface area contributed by atoms with Crippen molar-refractivity contribution in [3.05, 3.63) is 47.0 Å². The first-order valence-corrected chi connectivity index (χ1v) is 17.3. The summed E-state index contributed by atoms with van der Waals surface area (Å²) in [5.41, 5.74) is 3.24. The van der Waals surface area contributed by atoms with Crippen LogP contribution in [-0.4, -0.2) is 67.9 Å². The average Bonchev–Trinajstić information content (AvgIpc) is 3.46. The number of ketones is 1. The number of fused-ring (bicyclic) bond motifs is 5. The highest BCUT2D eigenvalue weighted by Gasteiger charge is 2.64. The first-order chi connectivity index (χ1) is 21.4. The number of allylic oxidation sites excluding steroid dienone is 2. The van der Waals surface area contributed by atoms with E-state index in [2.05, 4.69) is 12.2 Å². The van der Waals surface area contributed by atoms with E-state index in [1.807, 2.05) is 6.07 Å². The quantitative estimate of drug-likeness (QED) is 0.201. The summed E-state index contributed by atoms with van der Waals surface area (Å²) >= 11 is 1.35. The fourth-order valence-electron chi connectivity index (χ4n) is 9.83. The zero-order valence-corrected chi connectivity index (χ0v) is 26.9. The van der Waals surface area contributed by atoms with Gasteiger partial charge in [0.15, 0.2) is 5.92 Å². The van der Waals surface area contributed by atoms with Gasteiger partial charge in [-0.2, -0.15) is 0 Å². The molecule has 45 heavy (non-hydrogen) atoms. The first-order valence-electron chi connectivity index (χ1n) is 16.4. The van der Waals surface area contributed by atoms with Crippen molar-refractivity contribution in [2.24, 2.45) is 23.2 Å². The first kappa shape index (κ1) is 30.5. The van der Waals surface area contributed by atoms with Crippen LogP contribution in [-0.2, 0) is 28.7 Å². The van der Waals surface area contributed by atoms with Crippen LogP contribution < -0.4 is 5.32 Å². The lowest BCUT2D eigenvalue weighted by molar-refractivity contribution is -0.164. The van der Waals surface area contributed by atoms with Gasteiger partial charge in [-0.25, -0.2) is 4.79 Å². The number of amides is 2. The van der Waals surface area contributed by atoms with E-state index >= 15 is 0 Å². The number of nitrogens with one attached hydrogen (secondary N) is 1. The summed E-state index contributed by atoms with van der Waals surface area (Å²) in [6.07, 6.45) is 7.68. The van der Waals surface area contributed by atoms with Crippen LogP contribution in [0.2, 0.25) is 0 Å². The molecule has 2 aliphatic heterocycles. The second kappa shape index (κ2) is 11.0. The van der Waals surface area contributed by atoms with Crippen LogP contribution in [0.4, 0.5) is 0 Å². The molecule has 0 spiro atoms. The minimum atomic E-state index is -1.25. The summed E-state index contributed by atoms with van der Waals surface area (Å²) in [5.74, 6) is -2.14. The van der Waals surface area contributed by atoms with Crippen molar-refractivity contribution < 1.29 is 33.8 Å². The maximum atomic E-state index is 14.0. The molecule has 10 heteroatoms. The SMILES string of the molecule is CC1(C)SC2C(NC(=O)C(C(=O)OC3CCC4C5CCC6=C(CCC(=O)C6)C5CCC34C)c3ccccc3)C(=O)N2C1C(=O)O. The van der Waals surface area contributed by atoms with E-state index in [4.69, 9.17) is 4.74 Å². The van der Waals surface area contributed by atoms with Crippen LogP contribution >= 0.6 is 11.8 Å². The Labute approximate surface area is 267 Å². The fraction of sp³-hybridized carbons (Fsp3) is 0.629. The summed E-state index contributed by atoms with van der Waals surface area (Å²) in [7, 11) is 0. The molecule has 7 rings (SSSR count). The van der Waals surface area contributed by atoms with Gasteiger partial charge in [-0.3, -0.25) is 19.2 Å². The number of aliphatic carboxylic acids is 1. The van der Waals surface area contributed by atoms with Gasteiger partial charge in [0.1, 0.15) is 29.3 Å². The second-order valence-corrected chi connectivity index (χ2v) is 16.5. The highest BCUT2D eigenvalue weighted by Crippen LogP contribution is 2.62. The van der Waals surface area contributed by atoms with Crippen LogP contribution in [0.25, 0.3) is 0 Å². The lowest BCUT2D eigenvalue weighted by Crippen LogP contribution is -2.71. The van der Waals surface area contributed by atoms with Gasteiger partial charge in [0.25, 0.3) is 0 Å². The third-order valence-electron chi connectivity index (χ3n) is 12.0. The van der Waals surface area contributed by atoms with Gasteiger partial charge in [-0.1, -0.05) is 48.4 Å². The highest BCUT2D eigenvalue weighted by atomic mass is 32.2. The minimum Gasteiger partial charge on any atom is -0.480 e. The van der Waals surface area contributed by atoms with E-state index in [9.17, 15) is 29.1 Å². The number of hydrogen-bond acceptors (Lipinski definition) is 7.